The molecule has 0 bridgehead atoms. The first-order valence-corrected chi connectivity index (χ1v) is 5.17. The molecule has 5 heteroatoms. The first-order chi connectivity index (χ1) is 7.09. The van der Waals surface area contributed by atoms with Gasteiger partial charge in [0.05, 0.1) is 11.3 Å². The third kappa shape index (κ3) is 1.66. The molecule has 2 rings (SSSR count). The SMILES string of the molecule is Cc1noc(C)c1-c1ccc(C(=O)O)s1. The fraction of sp³-hybridized carbons (Fsp3) is 0.200. The van der Waals surface area contributed by atoms with Gasteiger partial charge < -0.3 is 9.63 Å². The van der Waals surface area contributed by atoms with Gasteiger partial charge in [-0.2, -0.15) is 0 Å². The molecule has 0 amide bonds. The maximum atomic E-state index is 10.7. The Balaban J connectivity index is 2.50. The summed E-state index contributed by atoms with van der Waals surface area (Å²) in [5.41, 5.74) is 1.68. The average molecular weight is 223 g/mol. The van der Waals surface area contributed by atoms with Crippen molar-refractivity contribution in [2.24, 2.45) is 0 Å². The lowest BCUT2D eigenvalue weighted by atomic mass is 10.2. The Hall–Kier alpha value is -1.62. The van der Waals surface area contributed by atoms with Crippen LogP contribution in [0.4, 0.5) is 0 Å². The van der Waals surface area contributed by atoms with Crippen LogP contribution in [-0.2, 0) is 0 Å². The van der Waals surface area contributed by atoms with Crippen molar-refractivity contribution in [3.05, 3.63) is 28.5 Å². The minimum atomic E-state index is -0.905. The number of aromatic carboxylic acids is 1. The first-order valence-electron chi connectivity index (χ1n) is 4.36. The van der Waals surface area contributed by atoms with E-state index in [1.807, 2.05) is 13.8 Å². The lowest BCUT2D eigenvalue weighted by Crippen LogP contribution is -1.89. The predicted molar refractivity (Wildman–Crippen MR) is 56.2 cm³/mol. The van der Waals surface area contributed by atoms with E-state index in [-0.39, 0.29) is 0 Å². The van der Waals surface area contributed by atoms with E-state index in [2.05, 4.69) is 5.16 Å². The minimum Gasteiger partial charge on any atom is -0.477 e. The maximum Gasteiger partial charge on any atom is 0.345 e. The summed E-state index contributed by atoms with van der Waals surface area (Å²) in [4.78, 5) is 11.9. The molecule has 0 fully saturated rings. The van der Waals surface area contributed by atoms with Crippen LogP contribution in [0.1, 0.15) is 21.1 Å². The monoisotopic (exact) mass is 223 g/mol. The van der Waals surface area contributed by atoms with E-state index in [1.165, 1.54) is 11.3 Å². The van der Waals surface area contributed by atoms with E-state index >= 15 is 0 Å². The van der Waals surface area contributed by atoms with Crippen LogP contribution < -0.4 is 0 Å². The maximum absolute atomic E-state index is 10.7. The Labute approximate surface area is 90.1 Å². The fourth-order valence-electron chi connectivity index (χ4n) is 1.42. The number of aryl methyl sites for hydroxylation is 2. The molecule has 15 heavy (non-hydrogen) atoms. The Morgan fingerprint density at radius 1 is 1.47 bits per heavy atom. The molecule has 0 saturated carbocycles. The molecule has 0 atom stereocenters. The molecule has 0 saturated heterocycles. The number of carboxylic acids is 1. The van der Waals surface area contributed by atoms with Crippen LogP contribution >= 0.6 is 11.3 Å². The van der Waals surface area contributed by atoms with Crippen LogP contribution in [0.25, 0.3) is 10.4 Å². The van der Waals surface area contributed by atoms with E-state index in [1.54, 1.807) is 12.1 Å². The van der Waals surface area contributed by atoms with Crippen molar-refractivity contribution in [1.82, 2.24) is 5.16 Å². The quantitative estimate of drug-likeness (QED) is 0.850. The van der Waals surface area contributed by atoms with Crippen LogP contribution in [-0.4, -0.2) is 16.2 Å². The van der Waals surface area contributed by atoms with Crippen LogP contribution in [0.2, 0.25) is 0 Å². The molecule has 0 aliphatic rings. The predicted octanol–water partition coefficient (Wildman–Crippen LogP) is 2.72. The summed E-state index contributed by atoms with van der Waals surface area (Å²) >= 11 is 1.23. The van der Waals surface area contributed by atoms with Crippen molar-refractivity contribution in [3.8, 4) is 10.4 Å². The number of rotatable bonds is 2. The molecule has 0 aliphatic carbocycles. The number of carbonyl (C=O) groups is 1. The van der Waals surface area contributed by atoms with Crippen molar-refractivity contribution >= 4 is 17.3 Å². The largest absolute Gasteiger partial charge is 0.477 e. The number of aromatic nitrogens is 1. The van der Waals surface area contributed by atoms with E-state index in [0.29, 0.717) is 10.6 Å². The second-order valence-corrected chi connectivity index (χ2v) is 4.25. The normalized spacial score (nSPS) is 10.5. The molecule has 0 radical (unpaired) electrons. The van der Waals surface area contributed by atoms with Gasteiger partial charge in [0.15, 0.2) is 0 Å². The highest BCUT2D eigenvalue weighted by molar-refractivity contribution is 7.17. The van der Waals surface area contributed by atoms with Crippen LogP contribution in [0.15, 0.2) is 16.7 Å². The Kier molecular flexibility index (Phi) is 2.32. The molecule has 2 heterocycles. The standard InChI is InChI=1S/C10H9NO3S/c1-5-9(6(2)14-11-5)7-3-4-8(15-7)10(12)13/h3-4H,1-2H3,(H,12,13). The summed E-state index contributed by atoms with van der Waals surface area (Å²) < 4.78 is 5.03. The van der Waals surface area contributed by atoms with Crippen molar-refractivity contribution in [2.45, 2.75) is 13.8 Å². The zero-order valence-electron chi connectivity index (χ0n) is 8.27. The summed E-state index contributed by atoms with van der Waals surface area (Å²) in [5.74, 6) is -0.190. The van der Waals surface area contributed by atoms with Crippen LogP contribution in [0, 0.1) is 13.8 Å². The van der Waals surface area contributed by atoms with Gasteiger partial charge in [-0.1, -0.05) is 5.16 Å². The van der Waals surface area contributed by atoms with Gasteiger partial charge in [0.1, 0.15) is 10.6 Å². The highest BCUT2D eigenvalue weighted by Gasteiger charge is 2.15. The van der Waals surface area contributed by atoms with Crippen LogP contribution in [0.3, 0.4) is 0 Å². The molecule has 2 aromatic heterocycles. The van der Waals surface area contributed by atoms with Gasteiger partial charge in [0, 0.05) is 4.88 Å². The van der Waals surface area contributed by atoms with Gasteiger partial charge in [0.2, 0.25) is 0 Å². The molecule has 2 aromatic rings. The smallest absolute Gasteiger partial charge is 0.345 e. The molecular weight excluding hydrogens is 214 g/mol. The Morgan fingerprint density at radius 2 is 2.20 bits per heavy atom. The third-order valence-corrected chi connectivity index (χ3v) is 3.19. The second-order valence-electron chi connectivity index (χ2n) is 3.17. The van der Waals surface area contributed by atoms with Gasteiger partial charge in [-0.05, 0) is 26.0 Å². The summed E-state index contributed by atoms with van der Waals surface area (Å²) in [6.07, 6.45) is 0. The number of hydrogen-bond acceptors (Lipinski definition) is 4. The lowest BCUT2D eigenvalue weighted by Gasteiger charge is -1.93. The average Bonchev–Trinajstić information content (AvgIpc) is 2.73. The fourth-order valence-corrected chi connectivity index (χ4v) is 2.41. The first kappa shape index (κ1) is 9.92. The molecule has 0 aliphatic heterocycles. The topological polar surface area (TPSA) is 63.3 Å². The van der Waals surface area contributed by atoms with Gasteiger partial charge in [-0.3, -0.25) is 0 Å². The van der Waals surface area contributed by atoms with Crippen molar-refractivity contribution in [1.29, 1.82) is 0 Å². The van der Waals surface area contributed by atoms with Gasteiger partial charge in [0.25, 0.3) is 0 Å². The molecule has 1 N–H and O–H groups in total. The van der Waals surface area contributed by atoms with E-state index in [9.17, 15) is 4.79 Å². The minimum absolute atomic E-state index is 0.324. The number of nitrogens with zero attached hydrogens (tertiary/aromatic N) is 1. The Bertz CT molecular complexity index is 493. The van der Waals surface area contributed by atoms with Gasteiger partial charge >= 0.3 is 5.97 Å². The van der Waals surface area contributed by atoms with Gasteiger partial charge in [-0.25, -0.2) is 4.79 Å². The van der Waals surface area contributed by atoms with Crippen molar-refractivity contribution in [2.75, 3.05) is 0 Å². The highest BCUT2D eigenvalue weighted by atomic mass is 32.1. The summed E-state index contributed by atoms with van der Waals surface area (Å²) in [6.45, 7) is 3.65. The second kappa shape index (κ2) is 3.51. The van der Waals surface area contributed by atoms with E-state index in [4.69, 9.17) is 9.63 Å². The zero-order valence-corrected chi connectivity index (χ0v) is 9.09. The van der Waals surface area contributed by atoms with Crippen molar-refractivity contribution in [3.63, 3.8) is 0 Å². The summed E-state index contributed by atoms with van der Waals surface area (Å²) in [7, 11) is 0. The van der Waals surface area contributed by atoms with Gasteiger partial charge in [-0.15, -0.1) is 11.3 Å². The number of thiophene rings is 1. The lowest BCUT2D eigenvalue weighted by molar-refractivity contribution is 0.0702. The number of carboxylic acid groups (broad SMARTS) is 1. The summed E-state index contributed by atoms with van der Waals surface area (Å²) in [6, 6.07) is 3.37. The molecule has 78 valence electrons. The Morgan fingerprint density at radius 3 is 2.67 bits per heavy atom. The molecule has 0 aromatic carbocycles. The molecule has 0 spiro atoms. The van der Waals surface area contributed by atoms with E-state index < -0.39 is 5.97 Å². The van der Waals surface area contributed by atoms with E-state index in [0.717, 1.165) is 16.1 Å². The molecule has 0 unspecified atom stereocenters. The third-order valence-electron chi connectivity index (χ3n) is 2.10. The van der Waals surface area contributed by atoms with Crippen molar-refractivity contribution < 1.29 is 14.4 Å². The molecular formula is C10H9NO3S. The molecule has 4 nitrogen and oxygen atoms in total. The van der Waals surface area contributed by atoms with Crippen LogP contribution in [0.5, 0.6) is 0 Å². The highest BCUT2D eigenvalue weighted by Crippen LogP contribution is 2.32. The summed E-state index contributed by atoms with van der Waals surface area (Å²) in [5, 5.41) is 12.6. The number of hydrogen-bond donors (Lipinski definition) is 1. The zero-order chi connectivity index (χ0) is 11.0.